The molecule has 117 heavy (non-hydrogen) atoms. The van der Waals surface area contributed by atoms with Crippen LogP contribution in [0, 0.1) is 37.0 Å². The maximum atomic E-state index is 12.8. The fourth-order valence-corrected chi connectivity index (χ4v) is 20.0. The van der Waals surface area contributed by atoms with Gasteiger partial charge in [0.15, 0.2) is 5.65 Å². The predicted molar refractivity (Wildman–Crippen MR) is 481 cm³/mol. The second kappa shape index (κ2) is 38.2. The number of aliphatic hydroxyl groups is 1. The molecule has 3 saturated carbocycles. The predicted octanol–water partition coefficient (Wildman–Crippen LogP) is 13.6. The summed E-state index contributed by atoms with van der Waals surface area (Å²) in [5, 5.41) is 13.8. The minimum atomic E-state index is -1.05. The minimum absolute atomic E-state index is 0. The average Bonchev–Trinajstić information content (AvgIpc) is 1.71. The van der Waals surface area contributed by atoms with Gasteiger partial charge in [-0.05, 0) is 217 Å². The van der Waals surface area contributed by atoms with E-state index in [1.165, 1.54) is 44.7 Å². The van der Waals surface area contributed by atoms with Gasteiger partial charge < -0.3 is 63.7 Å². The fourth-order valence-electron chi connectivity index (χ4n) is 17.1. The molecule has 0 bridgehead atoms. The first-order valence-corrected chi connectivity index (χ1v) is 43.5. The number of nitrogens with two attached hydrogens (primary N) is 6. The molecule has 30 nitrogen and oxygen atoms in total. The van der Waals surface area contributed by atoms with Gasteiger partial charge in [0.2, 0.25) is 17.8 Å². The Morgan fingerprint density at radius 3 is 1.22 bits per heavy atom. The summed E-state index contributed by atoms with van der Waals surface area (Å²) in [6.45, 7) is 31.9. The Balaban J connectivity index is 0.000000177. The highest BCUT2D eigenvalue weighted by molar-refractivity contribution is 9.10. The van der Waals surface area contributed by atoms with Crippen LogP contribution in [0.3, 0.4) is 0 Å². The lowest BCUT2D eigenvalue weighted by Gasteiger charge is -2.44. The monoisotopic (exact) mass is 1770 g/mol. The molecule has 3 spiro atoms. The van der Waals surface area contributed by atoms with Crippen LogP contribution in [0.4, 0.5) is 35.3 Å². The Morgan fingerprint density at radius 2 is 0.855 bits per heavy atom. The molecule has 0 unspecified atom stereocenters. The highest BCUT2D eigenvalue weighted by Gasteiger charge is 2.53. The third kappa shape index (κ3) is 20.0. The zero-order chi connectivity index (χ0) is 83.5. The first kappa shape index (κ1) is 93.6. The molecule has 0 aromatic carbocycles. The van der Waals surface area contributed by atoms with Gasteiger partial charge in [0.25, 0.3) is 0 Å². The molecule has 13 heterocycles. The number of aryl methyl sites for hydroxylation is 3. The molecule has 0 radical (unpaired) electrons. The van der Waals surface area contributed by atoms with Crippen molar-refractivity contribution in [3.63, 3.8) is 0 Å². The number of aliphatic hydroxyl groups excluding tert-OH is 1. The first-order valence-electron chi connectivity index (χ1n) is 39.3. The van der Waals surface area contributed by atoms with Gasteiger partial charge in [0.1, 0.15) is 28.7 Å². The lowest BCUT2D eigenvalue weighted by molar-refractivity contribution is 0.00578. The number of pyridine rings is 3. The molecule has 4 saturated heterocycles. The van der Waals surface area contributed by atoms with Crippen LogP contribution in [0.15, 0.2) is 88.9 Å². The second-order valence-corrected chi connectivity index (χ2v) is 40.0. The average molecular weight is 1780 g/mol. The van der Waals surface area contributed by atoms with Crippen molar-refractivity contribution in [2.24, 2.45) is 44.1 Å². The number of imidazole rings is 3. The molecule has 9 aromatic heterocycles. The number of rotatable bonds is 10. The number of nitrogens with one attached hydrogen (secondary N) is 2. The van der Waals surface area contributed by atoms with E-state index in [0.29, 0.717) is 56.1 Å². The number of anilines is 6. The lowest BCUT2D eigenvalue weighted by atomic mass is 9.74. The summed E-state index contributed by atoms with van der Waals surface area (Å²) >= 11 is 22.6. The van der Waals surface area contributed by atoms with Crippen molar-refractivity contribution in [2.75, 3.05) is 78.3 Å². The largest absolute Gasteiger partial charge is 0.496 e. The third-order valence-electron chi connectivity index (χ3n) is 24.4. The Bertz CT molecular complexity index is 4960. The van der Waals surface area contributed by atoms with Crippen LogP contribution in [-0.2, 0) is 31.3 Å². The van der Waals surface area contributed by atoms with Crippen LogP contribution < -0.4 is 64.2 Å². The van der Waals surface area contributed by atoms with Crippen molar-refractivity contribution < 1.29 is 22.8 Å². The summed E-state index contributed by atoms with van der Waals surface area (Å²) in [5.74, 6) is 12.8. The third-order valence-corrected chi connectivity index (χ3v) is 29.4. The van der Waals surface area contributed by atoms with E-state index in [9.17, 15) is 8.42 Å². The second-order valence-electron chi connectivity index (χ2n) is 34.0. The van der Waals surface area contributed by atoms with Crippen LogP contribution in [0.25, 0.3) is 39.2 Å². The van der Waals surface area contributed by atoms with Gasteiger partial charge in [-0.1, -0.05) is 79.4 Å². The standard InChI is InChI=1S/C25H34ClN7OS.C21H26ClN7.C20H30BrN5OS.C11H16BClN2O2.CH4O.2CH4.H4N4/c1-16-21(17-14-20(27)29-15-18(17)26)22-28-10-13-33(22)23(30-16)32-11-8-25(9-12-32)7-5-6-19(25)31-35(34)24(2,3)4;1-13-18(14-11-17(24)26-12-15(14)22)19-25-7-10-29(19)20(27-13)28-8-5-21(6-9-28)4-2-3-16(21)23;1-14-16(21)17-22-10-13-26(17)18(23-14)25-11-8-20(9-12-25)7-5-6-15(20)24-28(27)19(2,3)4;1-10(2)11(3,4)17-12(16-10)7-5-9(14)15-6-8(7)13;1-2;;;1-3-4-2/h10,13-15,19,31H,5-9,11-12H2,1-4H3,(H2,27,29);7,10-12,16H,2-6,8-9,23H2,1H3,(H2,24,26);10,13,15,24H,5-9,11-12H2,1-4H3;5-6H,1-4H3,(H2,14,15);2H,1H3;2*1H4;(H2,1,4)(H2,2,3)/t19-,35-;16-;15-,28-;;;;;/m111...../s1. The Hall–Kier alpha value is -7.22. The number of fused-ring (bicyclic) bond motifs is 3. The normalized spacial score (nSPS) is 20.8. The molecule has 7 aliphatic rings. The maximum Gasteiger partial charge on any atom is 0.496 e. The van der Waals surface area contributed by atoms with E-state index in [-0.39, 0.29) is 46.4 Å². The van der Waals surface area contributed by atoms with E-state index in [1.807, 2.05) is 119 Å². The van der Waals surface area contributed by atoms with Crippen molar-refractivity contribution in [1.82, 2.24) is 67.5 Å². The smallest absolute Gasteiger partial charge is 0.400 e. The molecule has 4 aliphatic heterocycles. The van der Waals surface area contributed by atoms with Crippen molar-refractivity contribution in [1.29, 1.82) is 0 Å². The molecule has 3 aliphatic carbocycles. The van der Waals surface area contributed by atoms with Crippen molar-refractivity contribution >= 4 is 138 Å². The summed E-state index contributed by atoms with van der Waals surface area (Å²) in [5.41, 5.74) is 33.3. The van der Waals surface area contributed by atoms with Gasteiger partial charge in [-0.15, -0.1) is 0 Å². The number of piperidine rings is 3. The summed E-state index contributed by atoms with van der Waals surface area (Å²) in [6, 6.07) is 6.24. The highest BCUT2D eigenvalue weighted by atomic mass is 79.9. The van der Waals surface area contributed by atoms with Crippen LogP contribution in [0.5, 0.6) is 0 Å². The Morgan fingerprint density at radius 1 is 0.521 bits per heavy atom. The molecular formula is C80H122BBrCl3N25O5S2. The molecular weight excluding hydrogens is 1650 g/mol. The summed E-state index contributed by atoms with van der Waals surface area (Å²) in [7, 11) is -1.57. The van der Waals surface area contributed by atoms with Crippen LogP contribution in [0.1, 0.15) is 197 Å². The van der Waals surface area contributed by atoms with E-state index in [1.54, 1.807) is 43.0 Å². The SMILES string of the molecule is C.C.CC1(C)OB(c2cc(N)ncc2Cl)OC1(C)C.CO.Cc1nc(N2CCC3(CCC[C@H]3N)CC2)n2ccnc2c1-c1cc(N)ncc1Cl.Cc1nc(N2CCC3(CCC[C@H]3N[S@](=O)C(C)(C)C)CC2)n2ccnc2c1-c1cc(N)ncc1Cl.Cc1nc(N2CCC3(CCC[C@H]3N[S@](=O)C(C)(C)C)CC2)n2ccnc2c1Br.N/N=N/N. The van der Waals surface area contributed by atoms with Gasteiger partial charge >= 0.3 is 7.12 Å². The summed E-state index contributed by atoms with van der Waals surface area (Å²) in [4.78, 5) is 47.8. The minimum Gasteiger partial charge on any atom is -0.400 e. The van der Waals surface area contributed by atoms with E-state index in [2.05, 4.69) is 101 Å². The summed E-state index contributed by atoms with van der Waals surface area (Å²) < 4.78 is 50.9. The van der Waals surface area contributed by atoms with Crippen LogP contribution >= 0.6 is 50.7 Å². The zero-order valence-corrected chi connectivity index (χ0v) is 74.0. The number of nitrogens with zero attached hydrogens (tertiary/aromatic N) is 17. The zero-order valence-electron chi connectivity index (χ0n) is 68.6. The molecule has 0 amide bonds. The first-order chi connectivity index (χ1) is 54.4. The number of aromatic nitrogens is 12. The quantitative estimate of drug-likeness (QED) is 0.0266. The van der Waals surface area contributed by atoms with Gasteiger partial charge in [-0.25, -0.2) is 62.7 Å². The topological polar surface area (TPSA) is 417 Å². The number of nitrogen functional groups attached to an aromatic ring is 3. The van der Waals surface area contributed by atoms with Gasteiger partial charge in [-0.2, -0.15) is 0 Å². The molecule has 15 N–H and O–H groups in total. The van der Waals surface area contributed by atoms with E-state index < -0.39 is 29.1 Å². The molecule has 5 atom stereocenters. The number of hydrogen-bond donors (Lipinski definition) is 9. The van der Waals surface area contributed by atoms with E-state index in [4.69, 9.17) is 87.1 Å². The van der Waals surface area contributed by atoms with E-state index in [0.717, 1.165) is 188 Å². The maximum absolute atomic E-state index is 12.8. The van der Waals surface area contributed by atoms with Crippen molar-refractivity contribution in [3.8, 4) is 22.3 Å². The fraction of sp³-hybridized carbons (Fsp3) is 0.588. The molecule has 37 heteroatoms. The molecule has 640 valence electrons. The molecule has 16 rings (SSSR count). The van der Waals surface area contributed by atoms with Crippen molar-refractivity contribution in [2.45, 2.75) is 240 Å². The summed E-state index contributed by atoms with van der Waals surface area (Å²) in [6.07, 6.45) is 33.3. The van der Waals surface area contributed by atoms with Gasteiger partial charge in [0.05, 0.1) is 79.3 Å². The van der Waals surface area contributed by atoms with Gasteiger partial charge in [0, 0.05) is 148 Å². The van der Waals surface area contributed by atoms with Crippen LogP contribution in [0.2, 0.25) is 15.1 Å². The van der Waals surface area contributed by atoms with Gasteiger partial charge in [-0.3, -0.25) is 13.2 Å². The highest BCUT2D eigenvalue weighted by Crippen LogP contribution is 2.51. The van der Waals surface area contributed by atoms with Crippen LogP contribution in [-0.4, -0.2) is 164 Å². The number of halogens is 4. The van der Waals surface area contributed by atoms with Crippen molar-refractivity contribution in [3.05, 3.63) is 111 Å². The molecule has 7 fully saturated rings. The van der Waals surface area contributed by atoms with E-state index >= 15 is 0 Å². The Labute approximate surface area is 718 Å². The Kier molecular flexibility index (Phi) is 30.6. The number of hydrogen-bond acceptors (Lipinski definition) is 23. The molecule has 9 aromatic rings. The lowest BCUT2D eigenvalue weighted by Crippen LogP contribution is -2.51.